The smallest absolute Gasteiger partial charge is 0.269 e. The van der Waals surface area contributed by atoms with Crippen LogP contribution in [0.5, 0.6) is 0 Å². The van der Waals surface area contributed by atoms with Gasteiger partial charge in [-0.25, -0.2) is 0 Å². The van der Waals surface area contributed by atoms with Crippen molar-refractivity contribution >= 4 is 5.91 Å². The van der Waals surface area contributed by atoms with Gasteiger partial charge in [0, 0.05) is 19.3 Å². The number of aromatic nitrogens is 1. The van der Waals surface area contributed by atoms with Crippen molar-refractivity contribution in [3.8, 4) is 0 Å². The largest absolute Gasteiger partial charge is 0.396 e. The highest BCUT2D eigenvalue weighted by Crippen LogP contribution is 2.17. The number of nitrogens with one attached hydrogen (secondary N) is 1. The van der Waals surface area contributed by atoms with Crippen molar-refractivity contribution in [3.63, 3.8) is 0 Å². The second-order valence-electron chi connectivity index (χ2n) is 4.54. The van der Waals surface area contributed by atoms with Crippen molar-refractivity contribution in [2.24, 2.45) is 5.41 Å². The van der Waals surface area contributed by atoms with E-state index in [1.807, 2.05) is 13.8 Å². The third-order valence-electron chi connectivity index (χ3n) is 2.41. The van der Waals surface area contributed by atoms with Gasteiger partial charge in [-0.3, -0.25) is 9.78 Å². The maximum absolute atomic E-state index is 11.7. The van der Waals surface area contributed by atoms with Crippen LogP contribution in [0, 0.1) is 5.41 Å². The molecule has 0 saturated heterocycles. The summed E-state index contributed by atoms with van der Waals surface area (Å²) < 4.78 is 0. The Morgan fingerprint density at radius 1 is 1.50 bits per heavy atom. The van der Waals surface area contributed by atoms with Crippen LogP contribution in [0.25, 0.3) is 0 Å². The molecular weight excluding hydrogens is 204 g/mol. The third-order valence-corrected chi connectivity index (χ3v) is 2.41. The molecule has 1 amide bonds. The fourth-order valence-electron chi connectivity index (χ4n) is 1.30. The normalized spacial score (nSPS) is 11.2. The zero-order valence-electron chi connectivity index (χ0n) is 9.73. The van der Waals surface area contributed by atoms with E-state index in [-0.39, 0.29) is 17.9 Å². The Morgan fingerprint density at radius 2 is 2.25 bits per heavy atom. The van der Waals surface area contributed by atoms with Gasteiger partial charge < -0.3 is 10.4 Å². The Labute approximate surface area is 95.7 Å². The lowest BCUT2D eigenvalue weighted by Gasteiger charge is -2.23. The Hall–Kier alpha value is -1.42. The van der Waals surface area contributed by atoms with Crippen molar-refractivity contribution in [1.29, 1.82) is 0 Å². The lowest BCUT2D eigenvalue weighted by molar-refractivity contribution is 0.0923. The van der Waals surface area contributed by atoms with E-state index in [4.69, 9.17) is 5.11 Å². The van der Waals surface area contributed by atoms with Crippen LogP contribution in [0.1, 0.15) is 30.8 Å². The van der Waals surface area contributed by atoms with Gasteiger partial charge in [0.25, 0.3) is 5.91 Å². The van der Waals surface area contributed by atoms with E-state index in [0.29, 0.717) is 18.7 Å². The van der Waals surface area contributed by atoms with Gasteiger partial charge in [-0.15, -0.1) is 0 Å². The number of aliphatic hydroxyl groups is 1. The minimum absolute atomic E-state index is 0.0980. The third kappa shape index (κ3) is 3.98. The van der Waals surface area contributed by atoms with Crippen LogP contribution >= 0.6 is 0 Å². The summed E-state index contributed by atoms with van der Waals surface area (Å²) in [4.78, 5) is 15.6. The van der Waals surface area contributed by atoms with Crippen LogP contribution < -0.4 is 5.32 Å². The van der Waals surface area contributed by atoms with Crippen LogP contribution in [0.2, 0.25) is 0 Å². The molecule has 1 rings (SSSR count). The Balaban J connectivity index is 2.48. The SMILES string of the molecule is CC(C)(CCO)CNC(=O)c1ccccn1. The van der Waals surface area contributed by atoms with Gasteiger partial charge in [-0.1, -0.05) is 19.9 Å². The molecule has 0 spiro atoms. The number of hydrogen-bond donors (Lipinski definition) is 2. The summed E-state index contributed by atoms with van der Waals surface area (Å²) in [5.41, 5.74) is 0.321. The minimum atomic E-state index is -0.174. The second-order valence-corrected chi connectivity index (χ2v) is 4.54. The molecule has 0 unspecified atom stereocenters. The molecule has 0 aliphatic rings. The first-order valence-corrected chi connectivity index (χ1v) is 5.35. The van der Waals surface area contributed by atoms with Crippen LogP contribution in [0.4, 0.5) is 0 Å². The fourth-order valence-corrected chi connectivity index (χ4v) is 1.30. The molecule has 0 bridgehead atoms. The molecule has 0 aliphatic carbocycles. The van der Waals surface area contributed by atoms with E-state index >= 15 is 0 Å². The minimum Gasteiger partial charge on any atom is -0.396 e. The number of carbonyl (C=O) groups excluding carboxylic acids is 1. The van der Waals surface area contributed by atoms with Gasteiger partial charge in [0.15, 0.2) is 0 Å². The Kier molecular flexibility index (Phi) is 4.43. The Bertz CT molecular complexity index is 336. The quantitative estimate of drug-likeness (QED) is 0.787. The molecule has 4 heteroatoms. The van der Waals surface area contributed by atoms with Crippen LogP contribution in [0.15, 0.2) is 24.4 Å². The molecule has 0 fully saturated rings. The van der Waals surface area contributed by atoms with E-state index in [9.17, 15) is 4.79 Å². The van der Waals surface area contributed by atoms with Gasteiger partial charge in [0.2, 0.25) is 0 Å². The van der Waals surface area contributed by atoms with E-state index in [1.54, 1.807) is 24.4 Å². The maximum atomic E-state index is 11.7. The first-order valence-electron chi connectivity index (χ1n) is 5.35. The first-order chi connectivity index (χ1) is 7.55. The molecular formula is C12H18N2O2. The summed E-state index contributed by atoms with van der Waals surface area (Å²) in [6, 6.07) is 5.22. The molecule has 0 aromatic carbocycles. The number of pyridine rings is 1. The van der Waals surface area contributed by atoms with E-state index in [1.165, 1.54) is 0 Å². The summed E-state index contributed by atoms with van der Waals surface area (Å²) in [5, 5.41) is 11.7. The van der Waals surface area contributed by atoms with E-state index in [0.717, 1.165) is 0 Å². The molecule has 0 saturated carbocycles. The average Bonchev–Trinajstić information content (AvgIpc) is 2.27. The molecule has 1 heterocycles. The average molecular weight is 222 g/mol. The number of carbonyl (C=O) groups is 1. The summed E-state index contributed by atoms with van der Waals surface area (Å²) in [5.74, 6) is -0.174. The summed E-state index contributed by atoms with van der Waals surface area (Å²) in [6.07, 6.45) is 2.25. The van der Waals surface area contributed by atoms with Crippen molar-refractivity contribution in [3.05, 3.63) is 30.1 Å². The lowest BCUT2D eigenvalue weighted by atomic mass is 9.90. The molecule has 1 aromatic rings. The van der Waals surface area contributed by atoms with Gasteiger partial charge in [-0.05, 0) is 24.0 Å². The molecule has 88 valence electrons. The highest BCUT2D eigenvalue weighted by molar-refractivity contribution is 5.92. The van der Waals surface area contributed by atoms with Crippen molar-refractivity contribution in [1.82, 2.24) is 10.3 Å². The number of nitrogens with zero attached hydrogens (tertiary/aromatic N) is 1. The van der Waals surface area contributed by atoms with Crippen LogP contribution in [-0.4, -0.2) is 29.1 Å². The number of hydrogen-bond acceptors (Lipinski definition) is 3. The van der Waals surface area contributed by atoms with Gasteiger partial charge in [0.05, 0.1) is 0 Å². The van der Waals surface area contributed by atoms with E-state index < -0.39 is 0 Å². The standard InChI is InChI=1S/C12H18N2O2/c1-12(2,6-8-15)9-14-11(16)10-5-3-4-7-13-10/h3-5,7,15H,6,8-9H2,1-2H3,(H,14,16). The monoisotopic (exact) mass is 222 g/mol. The second kappa shape index (κ2) is 5.61. The molecule has 0 radical (unpaired) electrons. The van der Waals surface area contributed by atoms with Gasteiger partial charge in [-0.2, -0.15) is 0 Å². The predicted octanol–water partition coefficient (Wildman–Crippen LogP) is 1.22. The first kappa shape index (κ1) is 12.6. The van der Waals surface area contributed by atoms with Gasteiger partial charge in [0.1, 0.15) is 5.69 Å². The number of rotatable bonds is 5. The highest BCUT2D eigenvalue weighted by atomic mass is 16.3. The zero-order chi connectivity index (χ0) is 12.0. The number of aliphatic hydroxyl groups excluding tert-OH is 1. The summed E-state index contributed by atoms with van der Waals surface area (Å²) >= 11 is 0. The van der Waals surface area contributed by atoms with Gasteiger partial charge >= 0.3 is 0 Å². The highest BCUT2D eigenvalue weighted by Gasteiger charge is 2.18. The molecule has 4 nitrogen and oxygen atoms in total. The fraction of sp³-hybridized carbons (Fsp3) is 0.500. The summed E-state index contributed by atoms with van der Waals surface area (Å²) in [6.45, 7) is 4.67. The van der Waals surface area contributed by atoms with Crippen molar-refractivity contribution < 1.29 is 9.90 Å². The predicted molar refractivity (Wildman–Crippen MR) is 62.1 cm³/mol. The molecule has 16 heavy (non-hydrogen) atoms. The molecule has 0 atom stereocenters. The zero-order valence-corrected chi connectivity index (χ0v) is 9.73. The number of amides is 1. The Morgan fingerprint density at radius 3 is 2.81 bits per heavy atom. The molecule has 1 aromatic heterocycles. The maximum Gasteiger partial charge on any atom is 0.269 e. The van der Waals surface area contributed by atoms with Crippen LogP contribution in [-0.2, 0) is 0 Å². The molecule has 0 aliphatic heterocycles. The lowest BCUT2D eigenvalue weighted by Crippen LogP contribution is -2.34. The van der Waals surface area contributed by atoms with Crippen molar-refractivity contribution in [2.75, 3.05) is 13.2 Å². The molecule has 2 N–H and O–H groups in total. The topological polar surface area (TPSA) is 62.2 Å². The summed E-state index contributed by atoms with van der Waals surface area (Å²) in [7, 11) is 0. The van der Waals surface area contributed by atoms with Crippen LogP contribution in [0.3, 0.4) is 0 Å². The van der Waals surface area contributed by atoms with Crippen molar-refractivity contribution in [2.45, 2.75) is 20.3 Å². The van der Waals surface area contributed by atoms with E-state index in [2.05, 4.69) is 10.3 Å².